The van der Waals surface area contributed by atoms with E-state index in [2.05, 4.69) is 13.8 Å². The predicted molar refractivity (Wildman–Crippen MR) is 52.9 cm³/mol. The molecule has 0 aliphatic rings. The molecular formula is C9H27N. The lowest BCUT2D eigenvalue weighted by atomic mass is 10.2. The van der Waals surface area contributed by atoms with E-state index in [4.69, 9.17) is 0 Å². The Labute approximate surface area is 68.3 Å². The zero-order valence-corrected chi connectivity index (χ0v) is 8.24. The van der Waals surface area contributed by atoms with E-state index in [1.54, 1.807) is 0 Å². The zero-order valence-electron chi connectivity index (χ0n) is 8.24. The van der Waals surface area contributed by atoms with Crippen molar-refractivity contribution in [1.82, 2.24) is 6.15 Å². The lowest BCUT2D eigenvalue weighted by Gasteiger charge is -1.90. The van der Waals surface area contributed by atoms with Crippen molar-refractivity contribution >= 4 is 0 Å². The van der Waals surface area contributed by atoms with Crippen molar-refractivity contribution < 1.29 is 1.43 Å². The fourth-order valence-electron chi connectivity index (χ4n) is 0.677. The van der Waals surface area contributed by atoms with Crippen LogP contribution in [0, 0.1) is 0 Å². The molecule has 0 aliphatic heterocycles. The van der Waals surface area contributed by atoms with E-state index >= 15 is 0 Å². The summed E-state index contributed by atoms with van der Waals surface area (Å²) in [5.41, 5.74) is 0. The van der Waals surface area contributed by atoms with Gasteiger partial charge in [0.25, 0.3) is 0 Å². The molecule has 10 heavy (non-hydrogen) atoms. The first-order chi connectivity index (χ1) is 4.41. The van der Waals surface area contributed by atoms with Gasteiger partial charge in [-0.2, -0.15) is 0 Å². The summed E-state index contributed by atoms with van der Waals surface area (Å²) >= 11 is 0. The number of hydrogen-bond donors (Lipinski definition) is 1. The molecule has 0 atom stereocenters. The van der Waals surface area contributed by atoms with E-state index in [0.717, 1.165) is 0 Å². The summed E-state index contributed by atoms with van der Waals surface area (Å²) < 4.78 is 0. The smallest absolute Gasteiger partial charge is 0 e. The highest BCUT2D eigenvalue weighted by Gasteiger charge is 1.80. The second-order valence-electron chi connectivity index (χ2n) is 2.06. The molecule has 0 radical (unpaired) electrons. The standard InChI is InChI=1S/C7H16.C2H6.H3N.H2/c1-3-5-7-6-4-2;1-2;;/h3-7H2,1-2H3;1-2H3;1H3;1H. The van der Waals surface area contributed by atoms with Crippen molar-refractivity contribution in [1.29, 1.82) is 0 Å². The Morgan fingerprint density at radius 3 is 1.30 bits per heavy atom. The average molecular weight is 149 g/mol. The second kappa shape index (κ2) is 23.1. The van der Waals surface area contributed by atoms with E-state index < -0.39 is 0 Å². The maximum Gasteiger partial charge on any atom is 0 e. The Hall–Kier alpha value is -0.0400. The molecule has 0 saturated heterocycles. The lowest BCUT2D eigenvalue weighted by Crippen LogP contribution is -1.70. The van der Waals surface area contributed by atoms with Gasteiger partial charge in [0.1, 0.15) is 0 Å². The van der Waals surface area contributed by atoms with Crippen LogP contribution in [0.1, 0.15) is 61.2 Å². The van der Waals surface area contributed by atoms with E-state index in [1.807, 2.05) is 13.8 Å². The molecule has 0 spiro atoms. The van der Waals surface area contributed by atoms with Crippen LogP contribution in [-0.4, -0.2) is 0 Å². The molecule has 0 amide bonds. The van der Waals surface area contributed by atoms with Gasteiger partial charge in [0.05, 0.1) is 0 Å². The largest absolute Gasteiger partial charge is 0.344 e. The summed E-state index contributed by atoms with van der Waals surface area (Å²) in [7, 11) is 0. The summed E-state index contributed by atoms with van der Waals surface area (Å²) in [5.74, 6) is 0. The van der Waals surface area contributed by atoms with E-state index in [9.17, 15) is 0 Å². The molecule has 0 unspecified atom stereocenters. The molecule has 0 fully saturated rings. The van der Waals surface area contributed by atoms with Crippen molar-refractivity contribution in [2.45, 2.75) is 59.8 Å². The highest BCUT2D eigenvalue weighted by Crippen LogP contribution is 2.00. The minimum Gasteiger partial charge on any atom is -0.344 e. The molecular weight excluding hydrogens is 122 g/mol. The average Bonchev–Trinajstić information content (AvgIpc) is 1.94. The Bertz CT molecular complexity index is 28.7. The van der Waals surface area contributed by atoms with Gasteiger partial charge in [-0.1, -0.05) is 59.8 Å². The van der Waals surface area contributed by atoms with Crippen molar-refractivity contribution in [2.24, 2.45) is 0 Å². The molecule has 0 aliphatic carbocycles. The molecule has 0 saturated carbocycles. The van der Waals surface area contributed by atoms with Crippen molar-refractivity contribution in [3.63, 3.8) is 0 Å². The molecule has 68 valence electrons. The van der Waals surface area contributed by atoms with Crippen molar-refractivity contribution in [3.05, 3.63) is 0 Å². The van der Waals surface area contributed by atoms with Crippen LogP contribution in [0.4, 0.5) is 0 Å². The van der Waals surface area contributed by atoms with E-state index in [1.165, 1.54) is 32.1 Å². The first-order valence-electron chi connectivity index (χ1n) is 4.41. The minimum atomic E-state index is 0. The summed E-state index contributed by atoms with van der Waals surface area (Å²) in [6, 6.07) is 0. The van der Waals surface area contributed by atoms with Gasteiger partial charge in [-0.05, 0) is 0 Å². The van der Waals surface area contributed by atoms with Gasteiger partial charge in [-0.15, -0.1) is 0 Å². The Morgan fingerprint density at radius 2 is 1.10 bits per heavy atom. The molecule has 0 aromatic heterocycles. The lowest BCUT2D eigenvalue weighted by molar-refractivity contribution is 0.656. The fourth-order valence-corrected chi connectivity index (χ4v) is 0.677. The topological polar surface area (TPSA) is 35.0 Å². The fraction of sp³-hybridized carbons (Fsp3) is 1.00. The van der Waals surface area contributed by atoms with Crippen LogP contribution in [-0.2, 0) is 0 Å². The molecule has 0 rings (SSSR count). The molecule has 1 heteroatoms. The van der Waals surface area contributed by atoms with Crippen LogP contribution in [0.2, 0.25) is 0 Å². The Balaban J connectivity index is -0.0000000564. The van der Waals surface area contributed by atoms with Crippen molar-refractivity contribution in [2.75, 3.05) is 0 Å². The number of hydrogen-bond acceptors (Lipinski definition) is 1. The quantitative estimate of drug-likeness (QED) is 0.590. The normalized spacial score (nSPS) is 7.20. The van der Waals surface area contributed by atoms with E-state index in [-0.39, 0.29) is 7.58 Å². The third-order valence-corrected chi connectivity index (χ3v) is 1.21. The molecule has 3 N–H and O–H groups in total. The predicted octanol–water partition coefficient (Wildman–Crippen LogP) is 4.41. The summed E-state index contributed by atoms with van der Waals surface area (Å²) in [4.78, 5) is 0. The minimum absolute atomic E-state index is 0. The van der Waals surface area contributed by atoms with Crippen LogP contribution in [0.15, 0.2) is 0 Å². The molecule has 0 aromatic rings. The van der Waals surface area contributed by atoms with Gasteiger partial charge in [0.15, 0.2) is 0 Å². The van der Waals surface area contributed by atoms with Crippen LogP contribution in [0.5, 0.6) is 0 Å². The van der Waals surface area contributed by atoms with Crippen molar-refractivity contribution in [3.8, 4) is 0 Å². The Morgan fingerprint density at radius 1 is 0.800 bits per heavy atom. The summed E-state index contributed by atoms with van der Waals surface area (Å²) in [5, 5.41) is 0. The van der Waals surface area contributed by atoms with Gasteiger partial charge in [0.2, 0.25) is 0 Å². The van der Waals surface area contributed by atoms with Crippen LogP contribution >= 0.6 is 0 Å². The van der Waals surface area contributed by atoms with Gasteiger partial charge >= 0.3 is 0 Å². The molecule has 1 nitrogen and oxygen atoms in total. The zero-order chi connectivity index (χ0) is 7.54. The van der Waals surface area contributed by atoms with Gasteiger partial charge < -0.3 is 6.15 Å². The third-order valence-electron chi connectivity index (χ3n) is 1.21. The van der Waals surface area contributed by atoms with E-state index in [0.29, 0.717) is 0 Å². The summed E-state index contributed by atoms with van der Waals surface area (Å²) in [6.07, 6.45) is 7.01. The SMILES string of the molecule is CC.CCCCCCC.N.[HH]. The first-order valence-corrected chi connectivity index (χ1v) is 4.41. The van der Waals surface area contributed by atoms with Gasteiger partial charge in [0, 0.05) is 1.43 Å². The second-order valence-corrected chi connectivity index (χ2v) is 2.06. The monoisotopic (exact) mass is 149 g/mol. The maximum absolute atomic E-state index is 2.25. The summed E-state index contributed by atoms with van der Waals surface area (Å²) in [6.45, 7) is 8.49. The highest BCUT2D eigenvalue weighted by molar-refractivity contribution is 4.35. The molecule has 0 aromatic carbocycles. The van der Waals surface area contributed by atoms with Gasteiger partial charge in [-0.25, -0.2) is 0 Å². The van der Waals surface area contributed by atoms with Crippen LogP contribution in [0.3, 0.4) is 0 Å². The Kier molecular flexibility index (Phi) is 38.1. The van der Waals surface area contributed by atoms with Gasteiger partial charge in [-0.3, -0.25) is 0 Å². The molecule has 0 bridgehead atoms. The van der Waals surface area contributed by atoms with Crippen LogP contribution < -0.4 is 6.15 Å². The van der Waals surface area contributed by atoms with Crippen LogP contribution in [0.25, 0.3) is 0 Å². The maximum atomic E-state index is 2.25. The highest BCUT2D eigenvalue weighted by atomic mass is 14.0. The number of rotatable bonds is 4. The molecule has 0 heterocycles. The number of unbranched alkanes of at least 4 members (excludes halogenated alkanes) is 4. The third kappa shape index (κ3) is 24.6. The first kappa shape index (κ1) is 16.5.